The molecule has 5 aliphatic rings. The average Bonchev–Trinajstić information content (AvgIpc) is 3.43. The van der Waals surface area contributed by atoms with Gasteiger partial charge in [-0.15, -0.1) is 0 Å². The van der Waals surface area contributed by atoms with Gasteiger partial charge in [0, 0.05) is 36.2 Å². The summed E-state index contributed by atoms with van der Waals surface area (Å²) >= 11 is 0. The molecule has 5 rings (SSSR count). The van der Waals surface area contributed by atoms with Crippen molar-refractivity contribution in [3.05, 3.63) is 0 Å². The molecular weight excluding hydrogens is 545 g/mol. The SMILES string of the molecule is CO[C@@H]1C[C@@H]2[C@H](CC[C@]3(C)[C@H]([C@@H](CO[Si](C)(C)C(C)(C)C)O[Si](C)(C)C(C)(C)C)CC(=O)[C@]23O)[C@@]2(C)CC[C@@H]3C[C@]312. The van der Waals surface area contributed by atoms with Crippen LogP contribution in [0.1, 0.15) is 100 Å². The first-order valence-corrected chi connectivity index (χ1v) is 22.5. The maximum absolute atomic E-state index is 14.3. The fraction of sp³-hybridized carbons (Fsp3) is 0.971. The van der Waals surface area contributed by atoms with Gasteiger partial charge in [0.1, 0.15) is 5.60 Å². The van der Waals surface area contributed by atoms with Crippen molar-refractivity contribution in [3.63, 3.8) is 0 Å². The van der Waals surface area contributed by atoms with Crippen LogP contribution < -0.4 is 0 Å². The number of carbonyl (C=O) groups excluding carboxylic acids is 1. The third kappa shape index (κ3) is 4.28. The first-order valence-electron chi connectivity index (χ1n) is 16.6. The number of hydrogen-bond acceptors (Lipinski definition) is 5. The van der Waals surface area contributed by atoms with Crippen molar-refractivity contribution < 1.29 is 23.5 Å². The summed E-state index contributed by atoms with van der Waals surface area (Å²) in [6.07, 6.45) is 6.86. The van der Waals surface area contributed by atoms with Crippen LogP contribution >= 0.6 is 0 Å². The van der Waals surface area contributed by atoms with Gasteiger partial charge in [0.05, 0.1) is 18.8 Å². The Morgan fingerprint density at radius 3 is 2.05 bits per heavy atom. The standard InChI is InChI=1S/C34H62O5Si2/c1-29(2,3)40(10,11)38-21-26(39-41(12,13)30(4,5)6)25-18-27(35)34(36)24-19-28(37-9)33-20-22(33)14-16-31(33,7)23(24)15-17-32(25,34)8/h22-26,28,36H,14-21H2,1-13H3/t22-,23+,24-,25+,26-,28-,31-,32-,33+,34-/m1/s1. The predicted molar refractivity (Wildman–Crippen MR) is 171 cm³/mol. The van der Waals surface area contributed by atoms with E-state index in [0.29, 0.717) is 18.9 Å². The van der Waals surface area contributed by atoms with Crippen molar-refractivity contribution in [3.8, 4) is 0 Å². The lowest BCUT2D eigenvalue weighted by molar-refractivity contribution is -0.227. The smallest absolute Gasteiger partial charge is 0.192 e. The van der Waals surface area contributed by atoms with Crippen LogP contribution in [0.25, 0.3) is 0 Å². The summed E-state index contributed by atoms with van der Waals surface area (Å²) < 4.78 is 20.4. The topological polar surface area (TPSA) is 65.0 Å². The van der Waals surface area contributed by atoms with Gasteiger partial charge in [0.2, 0.25) is 0 Å². The number of aliphatic hydroxyl groups is 1. The fourth-order valence-electron chi connectivity index (χ4n) is 10.2. The first kappa shape index (κ1) is 32.3. The Kier molecular flexibility index (Phi) is 7.48. The number of methoxy groups -OCH3 is 1. The van der Waals surface area contributed by atoms with Crippen LogP contribution in [0.4, 0.5) is 0 Å². The molecule has 0 aliphatic heterocycles. The highest BCUT2D eigenvalue weighted by Crippen LogP contribution is 2.82. The minimum absolute atomic E-state index is 0.0426. The number of Topliss-reactive ketones (excluding diaryl/α,β-unsaturated/α-hetero) is 1. The van der Waals surface area contributed by atoms with E-state index in [2.05, 4.69) is 81.6 Å². The van der Waals surface area contributed by atoms with E-state index in [9.17, 15) is 9.90 Å². The van der Waals surface area contributed by atoms with Crippen molar-refractivity contribution in [1.29, 1.82) is 0 Å². The molecule has 5 aliphatic carbocycles. The number of ketones is 1. The third-order valence-corrected chi connectivity index (χ3v) is 24.0. The highest BCUT2D eigenvalue weighted by atomic mass is 28.4. The second-order valence-corrected chi connectivity index (χ2v) is 28.1. The van der Waals surface area contributed by atoms with Crippen LogP contribution in [0, 0.1) is 39.9 Å². The van der Waals surface area contributed by atoms with Gasteiger partial charge < -0.3 is 18.7 Å². The maximum atomic E-state index is 14.3. The molecule has 0 amide bonds. The van der Waals surface area contributed by atoms with Gasteiger partial charge in [-0.1, -0.05) is 55.4 Å². The zero-order valence-corrected chi connectivity index (χ0v) is 30.7. The number of fused-ring (bicyclic) bond motifs is 4. The van der Waals surface area contributed by atoms with E-state index in [-0.39, 0.29) is 50.7 Å². The van der Waals surface area contributed by atoms with Crippen LogP contribution in [0.15, 0.2) is 0 Å². The van der Waals surface area contributed by atoms with Crippen molar-refractivity contribution in [2.75, 3.05) is 13.7 Å². The summed E-state index contributed by atoms with van der Waals surface area (Å²) in [4.78, 5) is 14.3. The van der Waals surface area contributed by atoms with E-state index in [4.69, 9.17) is 13.6 Å². The van der Waals surface area contributed by atoms with Gasteiger partial charge in [-0.2, -0.15) is 0 Å². The Balaban J connectivity index is 1.51. The second kappa shape index (κ2) is 9.48. The van der Waals surface area contributed by atoms with Crippen LogP contribution in [-0.2, 0) is 18.4 Å². The van der Waals surface area contributed by atoms with E-state index in [1.807, 2.05) is 7.11 Å². The molecule has 0 heterocycles. The maximum Gasteiger partial charge on any atom is 0.192 e. The highest BCUT2D eigenvalue weighted by Gasteiger charge is 2.81. The van der Waals surface area contributed by atoms with Gasteiger partial charge >= 0.3 is 0 Å². The van der Waals surface area contributed by atoms with Gasteiger partial charge in [-0.3, -0.25) is 4.79 Å². The Bertz CT molecular complexity index is 1060. The first-order chi connectivity index (χ1) is 18.5. The molecule has 1 spiro atoms. The predicted octanol–water partition coefficient (Wildman–Crippen LogP) is 7.98. The molecule has 0 saturated heterocycles. The molecule has 0 bridgehead atoms. The van der Waals surface area contributed by atoms with Gasteiger partial charge in [-0.05, 0) is 92.0 Å². The third-order valence-electron chi connectivity index (χ3n) is 15.0. The number of carbonyl (C=O) groups is 1. The van der Waals surface area contributed by atoms with E-state index in [0.717, 1.165) is 25.2 Å². The molecule has 7 heteroatoms. The molecular formula is C34H62O5Si2. The molecule has 236 valence electrons. The summed E-state index contributed by atoms with van der Waals surface area (Å²) in [5.41, 5.74) is -1.45. The van der Waals surface area contributed by atoms with E-state index in [1.165, 1.54) is 19.3 Å². The lowest BCUT2D eigenvalue weighted by Gasteiger charge is -2.63. The normalized spacial score (nSPS) is 45.1. The van der Waals surface area contributed by atoms with Gasteiger partial charge in [0.25, 0.3) is 0 Å². The monoisotopic (exact) mass is 606 g/mol. The highest BCUT2D eigenvalue weighted by molar-refractivity contribution is 6.74. The van der Waals surface area contributed by atoms with Crippen LogP contribution in [0.3, 0.4) is 0 Å². The Labute approximate surface area is 253 Å². The molecule has 0 radical (unpaired) electrons. The van der Waals surface area contributed by atoms with Crippen molar-refractivity contribution >= 4 is 22.4 Å². The minimum atomic E-state index is -2.18. The number of hydrogen-bond donors (Lipinski definition) is 1. The van der Waals surface area contributed by atoms with Crippen LogP contribution in [0.2, 0.25) is 36.3 Å². The minimum Gasteiger partial charge on any atom is -0.414 e. The summed E-state index contributed by atoms with van der Waals surface area (Å²) in [5.74, 6) is 1.10. The lowest BCUT2D eigenvalue weighted by Crippen LogP contribution is -2.67. The van der Waals surface area contributed by atoms with Gasteiger partial charge in [-0.25, -0.2) is 0 Å². The largest absolute Gasteiger partial charge is 0.414 e. The summed E-state index contributed by atoms with van der Waals surface area (Å²) in [7, 11) is -2.36. The molecule has 1 N–H and O–H groups in total. The fourth-order valence-corrected chi connectivity index (χ4v) is 12.6. The van der Waals surface area contributed by atoms with Crippen molar-refractivity contribution in [1.82, 2.24) is 0 Å². The lowest BCUT2D eigenvalue weighted by atomic mass is 9.44. The van der Waals surface area contributed by atoms with Gasteiger partial charge in [0.15, 0.2) is 22.4 Å². The zero-order chi connectivity index (χ0) is 30.8. The average molecular weight is 607 g/mol. The Hall–Kier alpha value is -0.0562. The van der Waals surface area contributed by atoms with E-state index in [1.54, 1.807) is 0 Å². The molecule has 5 saturated carbocycles. The molecule has 5 nitrogen and oxygen atoms in total. The van der Waals surface area contributed by atoms with Crippen LogP contribution in [0.5, 0.6) is 0 Å². The van der Waals surface area contributed by atoms with E-state index < -0.39 is 27.7 Å². The number of rotatable bonds is 7. The molecule has 0 unspecified atom stereocenters. The van der Waals surface area contributed by atoms with Crippen molar-refractivity contribution in [2.45, 2.75) is 154 Å². The summed E-state index contributed by atoms with van der Waals surface area (Å²) in [6, 6.07) is 0. The van der Waals surface area contributed by atoms with Crippen molar-refractivity contribution in [2.24, 2.45) is 39.9 Å². The quantitative estimate of drug-likeness (QED) is 0.298. The zero-order valence-electron chi connectivity index (χ0n) is 28.7. The Morgan fingerprint density at radius 1 is 0.927 bits per heavy atom. The Morgan fingerprint density at radius 2 is 1.51 bits per heavy atom. The molecule has 0 aromatic carbocycles. The molecule has 0 aromatic rings. The molecule has 10 atom stereocenters. The second-order valence-electron chi connectivity index (χ2n) is 18.5. The molecule has 0 aromatic heterocycles. The summed E-state index contributed by atoms with van der Waals surface area (Å²) in [6.45, 7) is 28.1. The summed E-state index contributed by atoms with van der Waals surface area (Å²) in [5, 5.41) is 13.1. The molecule has 5 fully saturated rings. The van der Waals surface area contributed by atoms with Crippen LogP contribution in [-0.4, -0.2) is 59.1 Å². The van der Waals surface area contributed by atoms with E-state index >= 15 is 0 Å². The molecule has 41 heavy (non-hydrogen) atoms. The number of ether oxygens (including phenoxy) is 1.